The van der Waals surface area contributed by atoms with Gasteiger partial charge in [-0.1, -0.05) is 28.1 Å². The second-order valence-electron chi connectivity index (χ2n) is 4.70. The molecule has 0 aromatic heterocycles. The van der Waals surface area contributed by atoms with Crippen molar-refractivity contribution in [3.63, 3.8) is 0 Å². The quantitative estimate of drug-likeness (QED) is 0.910. The number of carbonyl (C=O) groups excluding carboxylic acids is 1. The first kappa shape index (κ1) is 14.5. The monoisotopic (exact) mass is 326 g/mol. The molecule has 0 saturated carbocycles. The molecular weight excluding hydrogens is 308 g/mol. The van der Waals surface area contributed by atoms with Crippen LogP contribution in [0.1, 0.15) is 5.56 Å². The van der Waals surface area contributed by atoms with E-state index in [4.69, 9.17) is 4.74 Å². The van der Waals surface area contributed by atoms with Crippen LogP contribution in [0.4, 0.5) is 0 Å². The molecule has 1 amide bonds. The highest BCUT2D eigenvalue weighted by molar-refractivity contribution is 9.10. The van der Waals surface area contributed by atoms with Gasteiger partial charge in [-0.05, 0) is 24.1 Å². The van der Waals surface area contributed by atoms with E-state index in [-0.39, 0.29) is 12.0 Å². The van der Waals surface area contributed by atoms with Crippen molar-refractivity contribution in [2.75, 3.05) is 33.3 Å². The van der Waals surface area contributed by atoms with Crippen LogP contribution in [-0.2, 0) is 16.0 Å². The van der Waals surface area contributed by atoms with Crippen LogP contribution in [0, 0.1) is 0 Å². The molecule has 1 aliphatic heterocycles. The topological polar surface area (TPSA) is 41.6 Å². The van der Waals surface area contributed by atoms with Gasteiger partial charge >= 0.3 is 0 Å². The smallest absolute Gasteiger partial charge is 0.252 e. The Labute approximate surface area is 122 Å². The van der Waals surface area contributed by atoms with E-state index in [1.54, 1.807) is 4.90 Å². The highest BCUT2D eigenvalue weighted by Crippen LogP contribution is 2.12. The number of hydrogen-bond donors (Lipinski definition) is 1. The number of morpholine rings is 1. The molecule has 1 N–H and O–H groups in total. The van der Waals surface area contributed by atoms with Crippen molar-refractivity contribution in [3.8, 4) is 0 Å². The number of nitrogens with zero attached hydrogens (tertiary/aromatic N) is 1. The number of benzene rings is 1. The minimum Gasteiger partial charge on any atom is -0.366 e. The van der Waals surface area contributed by atoms with Gasteiger partial charge in [0.25, 0.3) is 5.91 Å². The molecule has 1 aliphatic rings. The van der Waals surface area contributed by atoms with Crippen LogP contribution < -0.4 is 5.32 Å². The summed E-state index contributed by atoms with van der Waals surface area (Å²) < 4.78 is 6.54. The predicted octanol–water partition coefficient (Wildman–Crippen LogP) is 1.44. The largest absolute Gasteiger partial charge is 0.366 e. The van der Waals surface area contributed by atoms with Crippen LogP contribution in [0.15, 0.2) is 28.7 Å². The van der Waals surface area contributed by atoms with Gasteiger partial charge in [-0.25, -0.2) is 0 Å². The summed E-state index contributed by atoms with van der Waals surface area (Å²) in [5.74, 6) is 0.0576. The minimum absolute atomic E-state index is 0.0576. The Kier molecular flexibility index (Phi) is 5.36. The maximum absolute atomic E-state index is 12.1. The van der Waals surface area contributed by atoms with Crippen LogP contribution in [0.2, 0.25) is 0 Å². The molecule has 0 radical (unpaired) electrons. The molecule has 2 rings (SSSR count). The zero-order valence-electron chi connectivity index (χ0n) is 11.1. The standard InChI is InChI=1S/C14H19BrN2O2/c1-17(14(18)13-10-16-6-8-19-13)7-5-11-3-2-4-12(15)9-11/h2-4,9,13,16H,5-8,10H2,1H3. The van der Waals surface area contributed by atoms with Crippen molar-refractivity contribution >= 4 is 21.8 Å². The van der Waals surface area contributed by atoms with Gasteiger partial charge in [-0.3, -0.25) is 4.79 Å². The van der Waals surface area contributed by atoms with Crippen LogP contribution in [0.3, 0.4) is 0 Å². The van der Waals surface area contributed by atoms with Crippen LogP contribution in [-0.4, -0.2) is 50.2 Å². The molecule has 1 fully saturated rings. The molecule has 0 aliphatic carbocycles. The fraction of sp³-hybridized carbons (Fsp3) is 0.500. The zero-order chi connectivity index (χ0) is 13.7. The first-order valence-electron chi connectivity index (χ1n) is 6.48. The molecule has 5 heteroatoms. The summed E-state index contributed by atoms with van der Waals surface area (Å²) in [6.45, 7) is 2.75. The Balaban J connectivity index is 1.83. The summed E-state index contributed by atoms with van der Waals surface area (Å²) in [7, 11) is 1.83. The van der Waals surface area contributed by atoms with Gasteiger partial charge in [-0.15, -0.1) is 0 Å². The normalized spacial score (nSPS) is 19.2. The van der Waals surface area contributed by atoms with E-state index in [1.807, 2.05) is 19.2 Å². The average Bonchev–Trinajstić information content (AvgIpc) is 2.45. The number of likely N-dealkylation sites (N-methyl/N-ethyl adjacent to an activating group) is 1. The fourth-order valence-corrected chi connectivity index (χ4v) is 2.52. The lowest BCUT2D eigenvalue weighted by Gasteiger charge is -2.27. The van der Waals surface area contributed by atoms with Gasteiger partial charge in [0.1, 0.15) is 6.10 Å². The van der Waals surface area contributed by atoms with Crippen molar-refractivity contribution in [2.45, 2.75) is 12.5 Å². The second kappa shape index (κ2) is 7.03. The number of rotatable bonds is 4. The molecule has 19 heavy (non-hydrogen) atoms. The molecule has 1 aromatic carbocycles. The highest BCUT2D eigenvalue weighted by Gasteiger charge is 2.24. The van der Waals surface area contributed by atoms with Crippen LogP contribution in [0.5, 0.6) is 0 Å². The minimum atomic E-state index is -0.332. The molecule has 104 valence electrons. The third kappa shape index (κ3) is 4.30. The van der Waals surface area contributed by atoms with E-state index in [0.29, 0.717) is 19.7 Å². The molecular formula is C14H19BrN2O2. The van der Waals surface area contributed by atoms with Gasteiger partial charge in [0.2, 0.25) is 0 Å². The molecule has 0 spiro atoms. The summed E-state index contributed by atoms with van der Waals surface area (Å²) in [5.41, 5.74) is 1.22. The second-order valence-corrected chi connectivity index (χ2v) is 5.62. The SMILES string of the molecule is CN(CCc1cccc(Br)c1)C(=O)C1CNCCO1. The van der Waals surface area contributed by atoms with E-state index in [0.717, 1.165) is 17.4 Å². The molecule has 1 atom stereocenters. The summed E-state index contributed by atoms with van der Waals surface area (Å²) in [6, 6.07) is 8.16. The summed E-state index contributed by atoms with van der Waals surface area (Å²) in [4.78, 5) is 13.9. The summed E-state index contributed by atoms with van der Waals surface area (Å²) >= 11 is 3.45. The van der Waals surface area contributed by atoms with E-state index in [1.165, 1.54) is 5.56 Å². The highest BCUT2D eigenvalue weighted by atomic mass is 79.9. The molecule has 4 nitrogen and oxygen atoms in total. The van der Waals surface area contributed by atoms with Crippen molar-refractivity contribution in [3.05, 3.63) is 34.3 Å². The zero-order valence-corrected chi connectivity index (χ0v) is 12.6. The Morgan fingerprint density at radius 2 is 2.42 bits per heavy atom. The molecule has 1 heterocycles. The Morgan fingerprint density at radius 1 is 1.58 bits per heavy atom. The third-order valence-electron chi connectivity index (χ3n) is 3.20. The van der Waals surface area contributed by atoms with E-state index in [2.05, 4.69) is 33.4 Å². The lowest BCUT2D eigenvalue weighted by Crippen LogP contribution is -2.48. The number of amides is 1. The number of nitrogens with one attached hydrogen (secondary N) is 1. The molecule has 1 aromatic rings. The summed E-state index contributed by atoms with van der Waals surface area (Å²) in [6.07, 6.45) is 0.517. The maximum atomic E-state index is 12.1. The number of carbonyl (C=O) groups is 1. The van der Waals surface area contributed by atoms with Crippen LogP contribution in [0.25, 0.3) is 0 Å². The third-order valence-corrected chi connectivity index (χ3v) is 3.70. The lowest BCUT2D eigenvalue weighted by molar-refractivity contribution is -0.143. The first-order valence-corrected chi connectivity index (χ1v) is 7.28. The fourth-order valence-electron chi connectivity index (χ4n) is 2.07. The Bertz CT molecular complexity index is 433. The van der Waals surface area contributed by atoms with Crippen molar-refractivity contribution in [1.29, 1.82) is 0 Å². The van der Waals surface area contributed by atoms with Crippen molar-refractivity contribution in [2.24, 2.45) is 0 Å². The molecule has 1 saturated heterocycles. The first-order chi connectivity index (χ1) is 9.16. The maximum Gasteiger partial charge on any atom is 0.252 e. The number of ether oxygens (including phenoxy) is 1. The summed E-state index contributed by atoms with van der Waals surface area (Å²) in [5, 5.41) is 3.17. The van der Waals surface area contributed by atoms with Crippen molar-refractivity contribution < 1.29 is 9.53 Å². The lowest BCUT2D eigenvalue weighted by atomic mass is 10.1. The predicted molar refractivity (Wildman–Crippen MR) is 78.1 cm³/mol. The Hall–Kier alpha value is -0.910. The van der Waals surface area contributed by atoms with Crippen molar-refractivity contribution in [1.82, 2.24) is 10.2 Å². The van der Waals surface area contributed by atoms with E-state index < -0.39 is 0 Å². The van der Waals surface area contributed by atoms with Gasteiger partial charge in [-0.2, -0.15) is 0 Å². The van der Waals surface area contributed by atoms with Crippen LogP contribution >= 0.6 is 15.9 Å². The van der Waals surface area contributed by atoms with Gasteiger partial charge in [0, 0.05) is 31.2 Å². The number of hydrogen-bond acceptors (Lipinski definition) is 3. The number of halogens is 1. The molecule has 0 bridgehead atoms. The van der Waals surface area contributed by atoms with E-state index >= 15 is 0 Å². The van der Waals surface area contributed by atoms with Gasteiger partial charge < -0.3 is 15.0 Å². The Morgan fingerprint density at radius 3 is 3.11 bits per heavy atom. The van der Waals surface area contributed by atoms with Gasteiger partial charge in [0.15, 0.2) is 0 Å². The molecule has 1 unspecified atom stereocenters. The van der Waals surface area contributed by atoms with E-state index in [9.17, 15) is 4.79 Å². The average molecular weight is 327 g/mol. The van der Waals surface area contributed by atoms with Gasteiger partial charge in [0.05, 0.1) is 6.61 Å².